The van der Waals surface area contributed by atoms with Gasteiger partial charge in [-0.2, -0.15) is 0 Å². The zero-order valence-electron chi connectivity index (χ0n) is 23.8. The number of aromatic nitrogens is 3. The predicted molar refractivity (Wildman–Crippen MR) is 181 cm³/mol. The number of fused-ring (bicyclic) bond motifs is 10. The Morgan fingerprint density at radius 2 is 1.05 bits per heavy atom. The van der Waals surface area contributed by atoms with Crippen LogP contribution in [0.3, 0.4) is 0 Å². The highest BCUT2D eigenvalue weighted by Crippen LogP contribution is 2.43. The quantitative estimate of drug-likeness (QED) is 0.228. The van der Waals surface area contributed by atoms with Crippen molar-refractivity contribution in [3.05, 3.63) is 152 Å². The first-order chi connectivity index (χ1) is 21.8. The molecule has 5 aromatic carbocycles. The Labute approximate surface area is 254 Å². The SMILES string of the molecule is c1ccc(-c2ccccc2N2c3cccc(c3)-c3cccc4c3[nH]c3c(cccc34)-c3cccc(n3)-c3cccc2n3)cc1. The van der Waals surface area contributed by atoms with Crippen LogP contribution in [-0.4, -0.2) is 15.0 Å². The number of anilines is 3. The van der Waals surface area contributed by atoms with Crippen LogP contribution in [0.5, 0.6) is 0 Å². The molecular weight excluding hydrogens is 536 g/mol. The van der Waals surface area contributed by atoms with E-state index in [4.69, 9.17) is 9.97 Å². The van der Waals surface area contributed by atoms with Crippen molar-refractivity contribution in [3.8, 4) is 44.9 Å². The monoisotopic (exact) mass is 562 g/mol. The lowest BCUT2D eigenvalue weighted by molar-refractivity contribution is 1.17. The molecule has 0 saturated heterocycles. The molecule has 0 saturated carbocycles. The van der Waals surface area contributed by atoms with Crippen LogP contribution >= 0.6 is 0 Å². The number of rotatable bonds is 2. The molecule has 0 fully saturated rings. The van der Waals surface area contributed by atoms with Gasteiger partial charge in [0.05, 0.1) is 33.8 Å². The topological polar surface area (TPSA) is 44.8 Å². The summed E-state index contributed by atoms with van der Waals surface area (Å²) in [4.78, 5) is 16.5. The van der Waals surface area contributed by atoms with Gasteiger partial charge in [-0.05, 0) is 53.6 Å². The minimum absolute atomic E-state index is 0.822. The van der Waals surface area contributed by atoms with Crippen molar-refractivity contribution in [1.29, 1.82) is 0 Å². The summed E-state index contributed by atoms with van der Waals surface area (Å²) in [6, 6.07) is 53.3. The van der Waals surface area contributed by atoms with Crippen molar-refractivity contribution in [3.63, 3.8) is 0 Å². The molecule has 3 aromatic heterocycles. The first-order valence-electron chi connectivity index (χ1n) is 14.9. The summed E-state index contributed by atoms with van der Waals surface area (Å²) in [6.07, 6.45) is 0. The second-order valence-corrected chi connectivity index (χ2v) is 11.1. The zero-order chi connectivity index (χ0) is 29.0. The van der Waals surface area contributed by atoms with Gasteiger partial charge in [0, 0.05) is 33.2 Å². The van der Waals surface area contributed by atoms with Gasteiger partial charge in [0.25, 0.3) is 0 Å². The Kier molecular flexibility index (Phi) is 5.47. The number of hydrogen-bond donors (Lipinski definition) is 1. The molecule has 1 aliphatic rings. The Hall–Kier alpha value is -6.00. The van der Waals surface area contributed by atoms with E-state index in [1.165, 1.54) is 10.8 Å². The Balaban J connectivity index is 1.39. The van der Waals surface area contributed by atoms with Gasteiger partial charge in [0.2, 0.25) is 0 Å². The standard InChI is InChI=1S/C40H26N4/c1-2-11-26(12-3-1)29-15-4-5-23-37(29)44-28-14-6-13-27(25-28)30-16-7-17-31-32-18-8-19-33(40(32)43-39(30)31)34-20-9-21-35(41-34)36-22-10-24-38(44)42-36/h1-25,43H. The van der Waals surface area contributed by atoms with Gasteiger partial charge in [-0.3, -0.25) is 4.90 Å². The minimum atomic E-state index is 0.822. The highest BCUT2D eigenvalue weighted by atomic mass is 15.2. The van der Waals surface area contributed by atoms with Crippen molar-refractivity contribution in [2.75, 3.05) is 4.90 Å². The lowest BCUT2D eigenvalue weighted by Gasteiger charge is -2.27. The van der Waals surface area contributed by atoms with E-state index in [0.717, 1.165) is 73.1 Å². The van der Waals surface area contributed by atoms with Crippen LogP contribution in [0.1, 0.15) is 0 Å². The molecule has 8 bridgehead atoms. The van der Waals surface area contributed by atoms with E-state index < -0.39 is 0 Å². The van der Waals surface area contributed by atoms with Crippen molar-refractivity contribution < 1.29 is 0 Å². The molecule has 44 heavy (non-hydrogen) atoms. The van der Waals surface area contributed by atoms with Gasteiger partial charge in [0.1, 0.15) is 5.82 Å². The second kappa shape index (κ2) is 9.79. The molecule has 8 aromatic rings. The first kappa shape index (κ1) is 24.6. The summed E-state index contributed by atoms with van der Waals surface area (Å²) >= 11 is 0. The molecule has 0 amide bonds. The van der Waals surface area contributed by atoms with Crippen LogP contribution in [0.4, 0.5) is 17.2 Å². The lowest BCUT2D eigenvalue weighted by Crippen LogP contribution is -2.13. The van der Waals surface area contributed by atoms with E-state index in [9.17, 15) is 0 Å². The van der Waals surface area contributed by atoms with E-state index in [-0.39, 0.29) is 0 Å². The van der Waals surface area contributed by atoms with Crippen molar-refractivity contribution >= 4 is 39.0 Å². The second-order valence-electron chi connectivity index (χ2n) is 11.1. The number of aromatic amines is 1. The normalized spacial score (nSPS) is 12.0. The van der Waals surface area contributed by atoms with Gasteiger partial charge in [0.15, 0.2) is 0 Å². The third-order valence-corrected chi connectivity index (χ3v) is 8.57. The number of pyridine rings is 2. The number of hydrogen-bond acceptors (Lipinski definition) is 3. The average molecular weight is 563 g/mol. The number of para-hydroxylation sites is 3. The van der Waals surface area contributed by atoms with Gasteiger partial charge in [-0.25, -0.2) is 9.97 Å². The number of nitrogens with one attached hydrogen (secondary N) is 1. The molecule has 9 rings (SSSR count). The highest BCUT2D eigenvalue weighted by molar-refractivity contribution is 6.15. The third kappa shape index (κ3) is 3.85. The van der Waals surface area contributed by atoms with Crippen molar-refractivity contribution in [2.24, 2.45) is 0 Å². The summed E-state index contributed by atoms with van der Waals surface area (Å²) in [5, 5.41) is 2.39. The molecular formula is C40H26N4. The molecule has 1 N–H and O–H groups in total. The average Bonchev–Trinajstić information content (AvgIpc) is 3.48. The highest BCUT2D eigenvalue weighted by Gasteiger charge is 2.21. The third-order valence-electron chi connectivity index (χ3n) is 8.57. The van der Waals surface area contributed by atoms with E-state index in [0.29, 0.717) is 0 Å². The van der Waals surface area contributed by atoms with Crippen LogP contribution in [0, 0.1) is 0 Å². The molecule has 4 nitrogen and oxygen atoms in total. The molecule has 1 aliphatic heterocycles. The van der Waals surface area contributed by atoms with E-state index in [1.807, 2.05) is 12.1 Å². The molecule has 4 heterocycles. The van der Waals surface area contributed by atoms with Crippen molar-refractivity contribution in [2.45, 2.75) is 0 Å². The molecule has 0 atom stereocenters. The first-order valence-corrected chi connectivity index (χ1v) is 14.9. The Morgan fingerprint density at radius 3 is 1.91 bits per heavy atom. The van der Waals surface area contributed by atoms with Gasteiger partial charge < -0.3 is 4.98 Å². The fraction of sp³-hybridized carbons (Fsp3) is 0. The molecule has 206 valence electrons. The van der Waals surface area contributed by atoms with E-state index >= 15 is 0 Å². The smallest absolute Gasteiger partial charge is 0.138 e. The maximum absolute atomic E-state index is 5.26. The minimum Gasteiger partial charge on any atom is -0.353 e. The van der Waals surface area contributed by atoms with E-state index in [1.54, 1.807) is 0 Å². The van der Waals surface area contributed by atoms with Crippen LogP contribution in [0.15, 0.2) is 152 Å². The van der Waals surface area contributed by atoms with Crippen LogP contribution in [0.25, 0.3) is 66.7 Å². The molecule has 4 heteroatoms. The Bertz CT molecular complexity index is 2350. The van der Waals surface area contributed by atoms with Crippen LogP contribution in [-0.2, 0) is 0 Å². The number of H-pyrrole nitrogens is 1. The van der Waals surface area contributed by atoms with Crippen LogP contribution < -0.4 is 4.90 Å². The Morgan fingerprint density at radius 1 is 0.432 bits per heavy atom. The zero-order valence-corrected chi connectivity index (χ0v) is 23.8. The van der Waals surface area contributed by atoms with Gasteiger partial charge in [-0.1, -0.05) is 109 Å². The molecule has 0 unspecified atom stereocenters. The molecule has 0 radical (unpaired) electrons. The summed E-state index contributed by atoms with van der Waals surface area (Å²) < 4.78 is 0. The molecule has 0 aliphatic carbocycles. The predicted octanol–water partition coefficient (Wildman–Crippen LogP) is 10.6. The summed E-state index contributed by atoms with van der Waals surface area (Å²) in [7, 11) is 0. The summed E-state index contributed by atoms with van der Waals surface area (Å²) in [5.74, 6) is 0.826. The van der Waals surface area contributed by atoms with Crippen molar-refractivity contribution in [1.82, 2.24) is 15.0 Å². The van der Waals surface area contributed by atoms with E-state index in [2.05, 4.69) is 149 Å². The maximum Gasteiger partial charge on any atom is 0.138 e. The lowest BCUT2D eigenvalue weighted by atomic mass is 9.99. The summed E-state index contributed by atoms with van der Waals surface area (Å²) in [6.45, 7) is 0. The largest absolute Gasteiger partial charge is 0.353 e. The number of benzene rings is 5. The fourth-order valence-electron chi connectivity index (χ4n) is 6.56. The summed E-state index contributed by atoms with van der Waals surface area (Å²) in [5.41, 5.74) is 12.5. The van der Waals surface area contributed by atoms with Crippen LogP contribution in [0.2, 0.25) is 0 Å². The van der Waals surface area contributed by atoms with Gasteiger partial charge in [-0.15, -0.1) is 0 Å². The number of nitrogens with zero attached hydrogens (tertiary/aromatic N) is 3. The fourth-order valence-corrected chi connectivity index (χ4v) is 6.56. The molecule has 0 spiro atoms. The van der Waals surface area contributed by atoms with Gasteiger partial charge >= 0.3 is 0 Å². The maximum atomic E-state index is 5.26.